The van der Waals surface area contributed by atoms with Crippen LogP contribution in [-0.4, -0.2) is 5.75 Å². The van der Waals surface area contributed by atoms with Crippen molar-refractivity contribution in [1.29, 1.82) is 0 Å². The minimum Gasteiger partial charge on any atom is -0.166 e. The van der Waals surface area contributed by atoms with Crippen molar-refractivity contribution >= 4 is 23.4 Å². The largest absolute Gasteiger partial charge is 0.417 e. The smallest absolute Gasteiger partial charge is 0.166 e. The third kappa shape index (κ3) is 2.82. The van der Waals surface area contributed by atoms with Crippen LogP contribution in [0.25, 0.3) is 0 Å². The maximum Gasteiger partial charge on any atom is 0.417 e. The van der Waals surface area contributed by atoms with Crippen molar-refractivity contribution in [3.8, 4) is 0 Å². The highest BCUT2D eigenvalue weighted by atomic mass is 35.5. The summed E-state index contributed by atoms with van der Waals surface area (Å²) < 4.78 is 37.3. The Hall–Kier alpha value is -0.350. The van der Waals surface area contributed by atoms with Gasteiger partial charge < -0.3 is 0 Å². The van der Waals surface area contributed by atoms with Crippen LogP contribution in [0.5, 0.6) is 0 Å². The monoisotopic (exact) mass is 240 g/mol. The fraction of sp³-hybridized carbons (Fsp3) is 0.333. The normalized spacial score (nSPS) is 11.8. The van der Waals surface area contributed by atoms with E-state index in [1.54, 1.807) is 6.92 Å². The summed E-state index contributed by atoms with van der Waals surface area (Å²) in [5.74, 6) is 0.587. The predicted octanol–water partition coefficient (Wildman–Crippen LogP) is 4.47. The summed E-state index contributed by atoms with van der Waals surface area (Å²) in [6.07, 6.45) is -4.30. The van der Waals surface area contributed by atoms with Crippen molar-refractivity contribution in [3.63, 3.8) is 0 Å². The lowest BCUT2D eigenvalue weighted by molar-refractivity contribution is -0.139. The molecule has 0 atom stereocenters. The molecule has 0 radical (unpaired) electrons. The highest BCUT2D eigenvalue weighted by molar-refractivity contribution is 7.99. The quantitative estimate of drug-likeness (QED) is 0.688. The lowest BCUT2D eigenvalue weighted by Crippen LogP contribution is -2.06. The molecule has 0 unspecified atom stereocenters. The second-order valence-electron chi connectivity index (χ2n) is 2.57. The molecule has 0 bridgehead atoms. The Bertz CT molecular complexity index is 322. The van der Waals surface area contributed by atoms with Gasteiger partial charge in [0.2, 0.25) is 0 Å². The summed E-state index contributed by atoms with van der Waals surface area (Å²) in [5, 5.41) is 0.328. The van der Waals surface area contributed by atoms with Gasteiger partial charge in [0.25, 0.3) is 0 Å². The molecule has 78 valence electrons. The van der Waals surface area contributed by atoms with Gasteiger partial charge in [-0.15, -0.1) is 11.8 Å². The van der Waals surface area contributed by atoms with Gasteiger partial charge >= 0.3 is 6.18 Å². The van der Waals surface area contributed by atoms with Crippen molar-refractivity contribution in [2.24, 2.45) is 0 Å². The summed E-state index contributed by atoms with van der Waals surface area (Å²) >= 11 is 6.76. The van der Waals surface area contributed by atoms with Crippen molar-refractivity contribution < 1.29 is 13.2 Å². The summed E-state index contributed by atoms with van der Waals surface area (Å²) in [4.78, 5) is 0.188. The minimum absolute atomic E-state index is 0.188. The van der Waals surface area contributed by atoms with Gasteiger partial charge in [0.15, 0.2) is 0 Å². The Morgan fingerprint density at radius 2 is 2.00 bits per heavy atom. The Balaban J connectivity index is 3.15. The van der Waals surface area contributed by atoms with Crippen LogP contribution in [-0.2, 0) is 6.18 Å². The fourth-order valence-corrected chi connectivity index (χ4v) is 2.10. The number of alkyl halides is 3. The molecule has 0 saturated carbocycles. The number of benzene rings is 1. The molecular formula is C9H8ClF3S. The first-order chi connectivity index (χ1) is 6.45. The van der Waals surface area contributed by atoms with Gasteiger partial charge in [0.1, 0.15) is 0 Å². The predicted molar refractivity (Wildman–Crippen MR) is 52.9 cm³/mol. The molecule has 0 aromatic heterocycles. The van der Waals surface area contributed by atoms with Crippen LogP contribution in [0.15, 0.2) is 23.1 Å². The molecule has 0 fully saturated rings. The van der Waals surface area contributed by atoms with Gasteiger partial charge in [-0.1, -0.05) is 18.5 Å². The van der Waals surface area contributed by atoms with Gasteiger partial charge in [0, 0.05) is 9.92 Å². The van der Waals surface area contributed by atoms with Crippen LogP contribution in [0.1, 0.15) is 12.5 Å². The number of hydrogen-bond donors (Lipinski definition) is 0. The summed E-state index contributed by atoms with van der Waals surface area (Å²) in [6.45, 7) is 1.80. The van der Waals surface area contributed by atoms with Gasteiger partial charge in [-0.05, 0) is 24.0 Å². The van der Waals surface area contributed by atoms with Crippen LogP contribution >= 0.6 is 23.4 Å². The molecule has 0 heterocycles. The number of hydrogen-bond acceptors (Lipinski definition) is 1. The molecule has 1 aromatic carbocycles. The van der Waals surface area contributed by atoms with Crippen LogP contribution in [0.4, 0.5) is 13.2 Å². The van der Waals surface area contributed by atoms with Gasteiger partial charge in [-0.2, -0.15) is 13.2 Å². The maximum atomic E-state index is 12.4. The highest BCUT2D eigenvalue weighted by Crippen LogP contribution is 2.37. The zero-order chi connectivity index (χ0) is 10.8. The molecule has 0 aliphatic carbocycles. The van der Waals surface area contributed by atoms with Crippen LogP contribution in [0.2, 0.25) is 5.02 Å². The first kappa shape index (κ1) is 11.7. The molecule has 0 N–H and O–H groups in total. The van der Waals surface area contributed by atoms with Crippen LogP contribution in [0, 0.1) is 0 Å². The van der Waals surface area contributed by atoms with Crippen molar-refractivity contribution in [2.75, 3.05) is 5.75 Å². The van der Waals surface area contributed by atoms with Crippen molar-refractivity contribution in [1.82, 2.24) is 0 Å². The lowest BCUT2D eigenvalue weighted by Gasteiger charge is -2.11. The van der Waals surface area contributed by atoms with E-state index in [4.69, 9.17) is 11.6 Å². The van der Waals surface area contributed by atoms with Crippen LogP contribution < -0.4 is 0 Å². The molecule has 5 heteroatoms. The molecule has 14 heavy (non-hydrogen) atoms. The Labute approximate surface area is 89.4 Å². The maximum absolute atomic E-state index is 12.4. The molecular weight excluding hydrogens is 233 g/mol. The summed E-state index contributed by atoms with van der Waals surface area (Å²) in [7, 11) is 0. The number of halogens is 4. The van der Waals surface area contributed by atoms with Gasteiger partial charge in [-0.25, -0.2) is 0 Å². The first-order valence-corrected chi connectivity index (χ1v) is 5.31. The first-order valence-electron chi connectivity index (χ1n) is 3.94. The van der Waals surface area contributed by atoms with E-state index in [1.165, 1.54) is 12.1 Å². The van der Waals surface area contributed by atoms with E-state index in [9.17, 15) is 13.2 Å². The molecule has 0 saturated heterocycles. The highest BCUT2D eigenvalue weighted by Gasteiger charge is 2.33. The molecule has 0 aliphatic heterocycles. The standard InChI is InChI=1S/C9H8ClF3S/c1-2-14-8-5-6(10)3-4-7(8)9(11,12)13/h3-5H,2H2,1H3. The SMILES string of the molecule is CCSc1cc(Cl)ccc1C(F)(F)F. The molecule has 0 nitrogen and oxygen atoms in total. The summed E-state index contributed by atoms with van der Waals surface area (Å²) in [5.41, 5.74) is -0.617. The molecule has 1 rings (SSSR count). The molecule has 1 aromatic rings. The number of thioether (sulfide) groups is 1. The van der Waals surface area contributed by atoms with Crippen LogP contribution in [0.3, 0.4) is 0 Å². The zero-order valence-corrected chi connectivity index (χ0v) is 8.93. The zero-order valence-electron chi connectivity index (χ0n) is 7.36. The van der Waals surface area contributed by atoms with E-state index in [2.05, 4.69) is 0 Å². The molecule has 0 aliphatic rings. The second kappa shape index (κ2) is 4.45. The second-order valence-corrected chi connectivity index (χ2v) is 4.31. The van der Waals surface area contributed by atoms with E-state index >= 15 is 0 Å². The van der Waals surface area contributed by atoms with Gasteiger partial charge in [0.05, 0.1) is 5.56 Å². The van der Waals surface area contributed by atoms with Gasteiger partial charge in [-0.3, -0.25) is 0 Å². The van der Waals surface area contributed by atoms with Crippen molar-refractivity contribution in [3.05, 3.63) is 28.8 Å². The van der Waals surface area contributed by atoms with E-state index < -0.39 is 11.7 Å². The third-order valence-electron chi connectivity index (χ3n) is 1.55. The third-order valence-corrected chi connectivity index (χ3v) is 2.72. The molecule has 0 spiro atoms. The minimum atomic E-state index is -4.30. The topological polar surface area (TPSA) is 0 Å². The van der Waals surface area contributed by atoms with E-state index in [1.807, 2.05) is 0 Å². The molecule has 0 amide bonds. The number of rotatable bonds is 2. The van der Waals surface area contributed by atoms with E-state index in [0.717, 1.165) is 17.8 Å². The fourth-order valence-electron chi connectivity index (χ4n) is 1.01. The Morgan fingerprint density at radius 3 is 2.50 bits per heavy atom. The Kier molecular flexibility index (Phi) is 3.72. The van der Waals surface area contributed by atoms with Crippen molar-refractivity contribution in [2.45, 2.75) is 18.0 Å². The average molecular weight is 241 g/mol. The lowest BCUT2D eigenvalue weighted by atomic mass is 10.2. The average Bonchev–Trinajstić information content (AvgIpc) is 2.02. The van der Waals surface area contributed by atoms with E-state index in [0.29, 0.717) is 10.8 Å². The van der Waals surface area contributed by atoms with E-state index in [-0.39, 0.29) is 4.90 Å². The Morgan fingerprint density at radius 1 is 1.36 bits per heavy atom. The summed E-state index contributed by atoms with van der Waals surface area (Å²) in [6, 6.07) is 3.61.